The summed E-state index contributed by atoms with van der Waals surface area (Å²) < 4.78 is 5.13. The summed E-state index contributed by atoms with van der Waals surface area (Å²) in [5.41, 5.74) is 10.8. The van der Waals surface area contributed by atoms with Crippen molar-refractivity contribution >= 4 is 17.7 Å². The predicted octanol–water partition coefficient (Wildman–Crippen LogP) is 3.40. The first kappa shape index (κ1) is 17.7. The van der Waals surface area contributed by atoms with Gasteiger partial charge in [0.05, 0.1) is 5.56 Å². The smallest absolute Gasteiger partial charge is 0.338 e. The van der Waals surface area contributed by atoms with Crippen LogP contribution in [0.15, 0.2) is 66.7 Å². The van der Waals surface area contributed by atoms with E-state index >= 15 is 0 Å². The minimum atomic E-state index is -0.629. The summed E-state index contributed by atoms with van der Waals surface area (Å²) in [4.78, 5) is 35.7. The monoisotopic (exact) mass is 371 g/mol. The fourth-order valence-electron chi connectivity index (χ4n) is 3.37. The fraction of sp³-hybridized carbons (Fsp3) is 0.0870. The first-order valence-electron chi connectivity index (χ1n) is 8.84. The predicted molar refractivity (Wildman–Crippen MR) is 104 cm³/mol. The Balaban J connectivity index is 1.45. The summed E-state index contributed by atoms with van der Waals surface area (Å²) in [6.07, 6.45) is 0.857. The molecule has 3 aromatic rings. The lowest BCUT2D eigenvalue weighted by atomic mass is 10.0. The average molecular weight is 371 g/mol. The Kier molecular flexibility index (Phi) is 4.49. The van der Waals surface area contributed by atoms with Crippen molar-refractivity contribution < 1.29 is 19.1 Å². The normalized spacial score (nSPS) is 11.4. The lowest BCUT2D eigenvalue weighted by Gasteiger charge is -2.07. The molecule has 0 fully saturated rings. The molecule has 0 bridgehead atoms. The molecule has 5 nitrogen and oxygen atoms in total. The molecule has 3 aromatic carbocycles. The van der Waals surface area contributed by atoms with E-state index < -0.39 is 11.9 Å². The van der Waals surface area contributed by atoms with E-state index in [1.165, 1.54) is 35.4 Å². The van der Waals surface area contributed by atoms with Crippen LogP contribution in [-0.2, 0) is 11.2 Å². The van der Waals surface area contributed by atoms with Crippen LogP contribution in [0.4, 0.5) is 0 Å². The van der Waals surface area contributed by atoms with Gasteiger partial charge in [0.2, 0.25) is 5.91 Å². The molecule has 2 N–H and O–H groups in total. The maximum absolute atomic E-state index is 12.5. The number of carbonyl (C=O) groups is 3. The van der Waals surface area contributed by atoms with Gasteiger partial charge >= 0.3 is 5.97 Å². The van der Waals surface area contributed by atoms with Crippen LogP contribution in [0.3, 0.4) is 0 Å². The van der Waals surface area contributed by atoms with Gasteiger partial charge in [0.1, 0.15) is 0 Å². The number of esters is 1. The molecule has 4 rings (SSSR count). The van der Waals surface area contributed by atoms with Crippen LogP contribution in [0, 0.1) is 0 Å². The Morgan fingerprint density at radius 1 is 0.786 bits per heavy atom. The summed E-state index contributed by atoms with van der Waals surface area (Å²) in [5.74, 6) is -1.47. The standard InChI is InChI=1S/C23H17NO4/c24-22(26)14-5-7-15(8-6-14)23(27)28-13-21(25)18-10-9-17-11-16-3-1-2-4-19(16)20(17)12-18/h1-10,12H,11,13H2,(H2,24,26). The maximum Gasteiger partial charge on any atom is 0.338 e. The van der Waals surface area contributed by atoms with Crippen molar-refractivity contribution in [2.75, 3.05) is 6.61 Å². The van der Waals surface area contributed by atoms with Gasteiger partial charge in [-0.3, -0.25) is 9.59 Å². The van der Waals surface area contributed by atoms with Crippen molar-refractivity contribution in [3.63, 3.8) is 0 Å². The van der Waals surface area contributed by atoms with Gasteiger partial charge < -0.3 is 10.5 Å². The Hall–Kier alpha value is -3.73. The van der Waals surface area contributed by atoms with Crippen LogP contribution in [0.1, 0.15) is 42.2 Å². The van der Waals surface area contributed by atoms with Crippen molar-refractivity contribution in [3.8, 4) is 11.1 Å². The molecular formula is C23H17NO4. The second-order valence-electron chi connectivity index (χ2n) is 6.65. The Bertz CT molecular complexity index is 1100. The zero-order valence-electron chi connectivity index (χ0n) is 15.0. The van der Waals surface area contributed by atoms with Crippen LogP contribution in [0.2, 0.25) is 0 Å². The number of hydrogen-bond donors (Lipinski definition) is 1. The molecule has 1 amide bonds. The zero-order chi connectivity index (χ0) is 19.7. The van der Waals surface area contributed by atoms with Crippen LogP contribution in [0.5, 0.6) is 0 Å². The van der Waals surface area contributed by atoms with Crippen LogP contribution < -0.4 is 5.73 Å². The number of primary amides is 1. The number of Topliss-reactive ketones (excluding diaryl/α,β-unsaturated/α-hetero) is 1. The highest BCUT2D eigenvalue weighted by Crippen LogP contribution is 2.36. The number of hydrogen-bond acceptors (Lipinski definition) is 4. The molecule has 0 unspecified atom stereocenters. The van der Waals surface area contributed by atoms with Crippen molar-refractivity contribution in [3.05, 3.63) is 94.5 Å². The zero-order valence-corrected chi connectivity index (χ0v) is 15.0. The summed E-state index contributed by atoms with van der Waals surface area (Å²) in [6, 6.07) is 19.5. The number of fused-ring (bicyclic) bond motifs is 3. The van der Waals surface area contributed by atoms with Crippen molar-refractivity contribution in [2.45, 2.75) is 6.42 Å². The lowest BCUT2D eigenvalue weighted by Crippen LogP contribution is -2.15. The average Bonchev–Trinajstić information content (AvgIpc) is 3.09. The van der Waals surface area contributed by atoms with Gasteiger partial charge in [0, 0.05) is 11.1 Å². The van der Waals surface area contributed by atoms with Gasteiger partial charge in [-0.05, 0) is 59.0 Å². The van der Waals surface area contributed by atoms with Gasteiger partial charge in [0.15, 0.2) is 12.4 Å². The Labute approximate surface area is 161 Å². The van der Waals surface area contributed by atoms with Gasteiger partial charge in [0.25, 0.3) is 0 Å². The highest BCUT2D eigenvalue weighted by atomic mass is 16.5. The third kappa shape index (κ3) is 3.30. The number of rotatable bonds is 5. The van der Waals surface area contributed by atoms with E-state index in [1.807, 2.05) is 30.3 Å². The summed E-state index contributed by atoms with van der Waals surface area (Å²) in [6.45, 7) is -0.350. The highest BCUT2D eigenvalue weighted by Gasteiger charge is 2.20. The number of amides is 1. The molecule has 0 atom stereocenters. The molecule has 0 aromatic heterocycles. The Morgan fingerprint density at radius 2 is 1.43 bits per heavy atom. The van der Waals surface area contributed by atoms with E-state index in [-0.39, 0.29) is 18.0 Å². The molecule has 138 valence electrons. The number of ether oxygens (including phenoxy) is 1. The van der Waals surface area contributed by atoms with E-state index in [0.717, 1.165) is 17.5 Å². The first-order chi connectivity index (χ1) is 13.5. The van der Waals surface area contributed by atoms with E-state index in [2.05, 4.69) is 6.07 Å². The first-order valence-corrected chi connectivity index (χ1v) is 8.84. The van der Waals surface area contributed by atoms with Crippen LogP contribution >= 0.6 is 0 Å². The van der Waals surface area contributed by atoms with Crippen molar-refractivity contribution in [2.24, 2.45) is 5.73 Å². The van der Waals surface area contributed by atoms with Gasteiger partial charge in [-0.25, -0.2) is 4.79 Å². The second-order valence-corrected chi connectivity index (χ2v) is 6.65. The molecule has 0 radical (unpaired) electrons. The molecular weight excluding hydrogens is 354 g/mol. The third-order valence-corrected chi connectivity index (χ3v) is 4.86. The number of nitrogens with two attached hydrogens (primary N) is 1. The maximum atomic E-state index is 12.5. The molecule has 5 heteroatoms. The quantitative estimate of drug-likeness (QED) is 0.430. The van der Waals surface area contributed by atoms with Crippen LogP contribution in [0.25, 0.3) is 11.1 Å². The molecule has 0 aliphatic heterocycles. The summed E-state index contributed by atoms with van der Waals surface area (Å²) in [5, 5.41) is 0. The minimum absolute atomic E-state index is 0.251. The molecule has 28 heavy (non-hydrogen) atoms. The lowest BCUT2D eigenvalue weighted by molar-refractivity contribution is 0.0474. The summed E-state index contributed by atoms with van der Waals surface area (Å²) >= 11 is 0. The third-order valence-electron chi connectivity index (χ3n) is 4.86. The van der Waals surface area contributed by atoms with Gasteiger partial charge in [-0.2, -0.15) is 0 Å². The topological polar surface area (TPSA) is 86.5 Å². The Morgan fingerprint density at radius 3 is 2.18 bits per heavy atom. The highest BCUT2D eigenvalue weighted by molar-refractivity contribution is 6.01. The molecule has 0 saturated heterocycles. The molecule has 0 spiro atoms. The molecule has 1 aliphatic carbocycles. The van der Waals surface area contributed by atoms with E-state index in [9.17, 15) is 14.4 Å². The van der Waals surface area contributed by atoms with E-state index in [0.29, 0.717) is 11.1 Å². The van der Waals surface area contributed by atoms with Crippen LogP contribution in [-0.4, -0.2) is 24.3 Å². The van der Waals surface area contributed by atoms with E-state index in [4.69, 9.17) is 10.5 Å². The van der Waals surface area contributed by atoms with Gasteiger partial charge in [-0.1, -0.05) is 36.4 Å². The minimum Gasteiger partial charge on any atom is -0.454 e. The molecule has 0 heterocycles. The summed E-state index contributed by atoms with van der Waals surface area (Å²) in [7, 11) is 0. The van der Waals surface area contributed by atoms with E-state index in [1.54, 1.807) is 6.07 Å². The van der Waals surface area contributed by atoms with Crippen molar-refractivity contribution in [1.82, 2.24) is 0 Å². The fourth-order valence-corrected chi connectivity index (χ4v) is 3.37. The number of benzene rings is 3. The number of ketones is 1. The second kappa shape index (κ2) is 7.12. The number of carbonyl (C=O) groups excluding carboxylic acids is 3. The van der Waals surface area contributed by atoms with Crippen molar-refractivity contribution in [1.29, 1.82) is 0 Å². The molecule has 1 aliphatic rings. The molecule has 0 saturated carbocycles. The largest absolute Gasteiger partial charge is 0.454 e. The SMILES string of the molecule is NC(=O)c1ccc(C(=O)OCC(=O)c2ccc3c(c2)-c2ccccc2C3)cc1. The van der Waals surface area contributed by atoms with Gasteiger partial charge in [-0.15, -0.1) is 0 Å².